The first kappa shape index (κ1) is 12.6. The first-order chi connectivity index (χ1) is 9.22. The number of aryl methyl sites for hydroxylation is 1. The monoisotopic (exact) mass is 317 g/mol. The van der Waals surface area contributed by atoms with Crippen LogP contribution in [-0.4, -0.2) is 4.98 Å². The van der Waals surface area contributed by atoms with Gasteiger partial charge in [0.05, 0.1) is 0 Å². The predicted octanol–water partition coefficient (Wildman–Crippen LogP) is 3.37. The molecule has 19 heavy (non-hydrogen) atoms. The van der Waals surface area contributed by atoms with E-state index in [4.69, 9.17) is 0 Å². The molecule has 0 amide bonds. The molecule has 3 nitrogen and oxygen atoms in total. The lowest BCUT2D eigenvalue weighted by atomic mass is 10.1. The highest BCUT2D eigenvalue weighted by atomic mass is 79.9. The van der Waals surface area contributed by atoms with Gasteiger partial charge < -0.3 is 10.6 Å². The van der Waals surface area contributed by atoms with Crippen LogP contribution in [0.5, 0.6) is 0 Å². The number of fused-ring (bicyclic) bond motifs is 1. The Kier molecular flexibility index (Phi) is 3.53. The van der Waals surface area contributed by atoms with Crippen molar-refractivity contribution in [1.29, 1.82) is 0 Å². The summed E-state index contributed by atoms with van der Waals surface area (Å²) in [5, 5.41) is 6.73. The van der Waals surface area contributed by atoms with Gasteiger partial charge in [-0.3, -0.25) is 0 Å². The van der Waals surface area contributed by atoms with Crippen molar-refractivity contribution in [2.75, 3.05) is 5.32 Å². The molecule has 1 aliphatic rings. The van der Waals surface area contributed by atoms with Crippen LogP contribution in [0.15, 0.2) is 34.9 Å². The molecule has 1 aromatic carbocycles. The third-order valence-electron chi connectivity index (χ3n) is 3.42. The van der Waals surface area contributed by atoms with Crippen LogP contribution < -0.4 is 10.6 Å². The quantitative estimate of drug-likeness (QED) is 0.911. The molecule has 3 rings (SSSR count). The molecule has 0 radical (unpaired) electrons. The number of hydrogen-bond acceptors (Lipinski definition) is 3. The summed E-state index contributed by atoms with van der Waals surface area (Å²) in [4.78, 5) is 4.36. The number of pyridine rings is 1. The van der Waals surface area contributed by atoms with E-state index in [0.29, 0.717) is 0 Å². The zero-order valence-corrected chi connectivity index (χ0v) is 12.4. The van der Waals surface area contributed by atoms with E-state index >= 15 is 0 Å². The summed E-state index contributed by atoms with van der Waals surface area (Å²) in [6, 6.07) is 8.73. The molecule has 2 aromatic rings. The number of rotatable bonds is 3. The van der Waals surface area contributed by atoms with Crippen LogP contribution in [-0.2, 0) is 19.6 Å². The summed E-state index contributed by atoms with van der Waals surface area (Å²) in [7, 11) is 0. The molecule has 0 bridgehead atoms. The standard InChI is InChI=1S/C15H16BrN3/c1-10-4-15(19-9-14(10)16)18-6-11-2-3-12-7-17-8-13(12)5-11/h2-5,9,17H,6-8H2,1H3,(H,18,19). The Morgan fingerprint density at radius 2 is 2.11 bits per heavy atom. The molecule has 1 aromatic heterocycles. The van der Waals surface area contributed by atoms with E-state index in [1.54, 1.807) is 0 Å². The molecule has 0 unspecified atom stereocenters. The van der Waals surface area contributed by atoms with E-state index in [9.17, 15) is 0 Å². The van der Waals surface area contributed by atoms with Gasteiger partial charge in [0.1, 0.15) is 5.82 Å². The number of hydrogen-bond donors (Lipinski definition) is 2. The Morgan fingerprint density at radius 3 is 2.95 bits per heavy atom. The van der Waals surface area contributed by atoms with E-state index in [2.05, 4.69) is 62.7 Å². The second-order valence-electron chi connectivity index (χ2n) is 4.88. The SMILES string of the molecule is Cc1cc(NCc2ccc3c(c2)CNC3)ncc1Br. The summed E-state index contributed by atoms with van der Waals surface area (Å²) >= 11 is 3.46. The average molecular weight is 318 g/mol. The number of anilines is 1. The Bertz CT molecular complexity index is 610. The predicted molar refractivity (Wildman–Crippen MR) is 81.0 cm³/mol. The van der Waals surface area contributed by atoms with Gasteiger partial charge in [0, 0.05) is 30.3 Å². The van der Waals surface area contributed by atoms with Gasteiger partial charge >= 0.3 is 0 Å². The fraction of sp³-hybridized carbons (Fsp3) is 0.267. The maximum absolute atomic E-state index is 4.36. The van der Waals surface area contributed by atoms with Gasteiger partial charge in [-0.2, -0.15) is 0 Å². The third kappa shape index (κ3) is 2.80. The Balaban J connectivity index is 1.70. The van der Waals surface area contributed by atoms with Gasteiger partial charge in [0.15, 0.2) is 0 Å². The van der Waals surface area contributed by atoms with Gasteiger partial charge in [0.2, 0.25) is 0 Å². The van der Waals surface area contributed by atoms with Crippen LogP contribution in [0.1, 0.15) is 22.3 Å². The summed E-state index contributed by atoms with van der Waals surface area (Å²) in [5.74, 6) is 0.916. The van der Waals surface area contributed by atoms with Crippen molar-refractivity contribution in [3.63, 3.8) is 0 Å². The van der Waals surface area contributed by atoms with E-state index in [1.807, 2.05) is 6.20 Å². The fourth-order valence-electron chi connectivity index (χ4n) is 2.29. The number of aromatic nitrogens is 1. The third-order valence-corrected chi connectivity index (χ3v) is 4.25. The van der Waals surface area contributed by atoms with Crippen LogP contribution in [0.4, 0.5) is 5.82 Å². The molecule has 0 saturated carbocycles. The zero-order valence-electron chi connectivity index (χ0n) is 10.8. The van der Waals surface area contributed by atoms with Crippen molar-refractivity contribution in [2.45, 2.75) is 26.6 Å². The van der Waals surface area contributed by atoms with E-state index in [-0.39, 0.29) is 0 Å². The highest BCUT2D eigenvalue weighted by Gasteiger charge is 2.09. The van der Waals surface area contributed by atoms with Crippen molar-refractivity contribution in [3.8, 4) is 0 Å². The maximum Gasteiger partial charge on any atom is 0.126 e. The normalized spacial score (nSPS) is 13.4. The topological polar surface area (TPSA) is 37.0 Å². The van der Waals surface area contributed by atoms with Gasteiger partial charge in [-0.1, -0.05) is 18.2 Å². The van der Waals surface area contributed by atoms with Crippen LogP contribution in [0.2, 0.25) is 0 Å². The minimum atomic E-state index is 0.807. The van der Waals surface area contributed by atoms with Crippen molar-refractivity contribution in [3.05, 3.63) is 57.2 Å². The second kappa shape index (κ2) is 5.31. The molecule has 0 fully saturated rings. The summed E-state index contributed by atoms with van der Waals surface area (Å²) in [6.07, 6.45) is 1.84. The highest BCUT2D eigenvalue weighted by molar-refractivity contribution is 9.10. The molecule has 2 heterocycles. The van der Waals surface area contributed by atoms with Crippen LogP contribution in [0.3, 0.4) is 0 Å². The number of nitrogens with zero attached hydrogens (tertiary/aromatic N) is 1. The highest BCUT2D eigenvalue weighted by Crippen LogP contribution is 2.19. The lowest BCUT2D eigenvalue weighted by molar-refractivity contribution is 0.764. The summed E-state index contributed by atoms with van der Waals surface area (Å²) in [6.45, 7) is 4.86. The lowest BCUT2D eigenvalue weighted by Gasteiger charge is -2.08. The Hall–Kier alpha value is -1.39. The van der Waals surface area contributed by atoms with E-state index in [1.165, 1.54) is 22.3 Å². The van der Waals surface area contributed by atoms with Gasteiger partial charge in [-0.15, -0.1) is 0 Å². The first-order valence-electron chi connectivity index (χ1n) is 6.40. The van der Waals surface area contributed by atoms with Crippen molar-refractivity contribution < 1.29 is 0 Å². The van der Waals surface area contributed by atoms with Crippen molar-refractivity contribution in [1.82, 2.24) is 10.3 Å². The van der Waals surface area contributed by atoms with E-state index < -0.39 is 0 Å². The van der Waals surface area contributed by atoms with Crippen LogP contribution in [0, 0.1) is 6.92 Å². The van der Waals surface area contributed by atoms with Crippen molar-refractivity contribution in [2.24, 2.45) is 0 Å². The molecule has 0 atom stereocenters. The fourth-order valence-corrected chi connectivity index (χ4v) is 2.50. The minimum absolute atomic E-state index is 0.807. The largest absolute Gasteiger partial charge is 0.366 e. The summed E-state index contributed by atoms with van der Waals surface area (Å²) < 4.78 is 1.04. The van der Waals surface area contributed by atoms with Gasteiger partial charge in [-0.25, -0.2) is 4.98 Å². The molecule has 4 heteroatoms. The maximum atomic E-state index is 4.36. The Morgan fingerprint density at radius 1 is 1.26 bits per heavy atom. The molecular weight excluding hydrogens is 302 g/mol. The van der Waals surface area contributed by atoms with Crippen LogP contribution in [0.25, 0.3) is 0 Å². The van der Waals surface area contributed by atoms with Crippen LogP contribution >= 0.6 is 15.9 Å². The van der Waals surface area contributed by atoms with E-state index in [0.717, 1.165) is 29.9 Å². The van der Waals surface area contributed by atoms with Gasteiger partial charge in [0.25, 0.3) is 0 Å². The molecule has 98 valence electrons. The number of nitrogens with one attached hydrogen (secondary N) is 2. The minimum Gasteiger partial charge on any atom is -0.366 e. The molecule has 2 N–H and O–H groups in total. The Labute approximate surface area is 121 Å². The van der Waals surface area contributed by atoms with Crippen molar-refractivity contribution >= 4 is 21.7 Å². The lowest BCUT2D eigenvalue weighted by Crippen LogP contribution is -2.02. The summed E-state index contributed by atoms with van der Waals surface area (Å²) in [5.41, 5.74) is 5.32. The number of halogens is 1. The molecular formula is C15H16BrN3. The zero-order chi connectivity index (χ0) is 13.2. The first-order valence-corrected chi connectivity index (χ1v) is 7.19. The molecule has 0 aliphatic carbocycles. The molecule has 0 spiro atoms. The van der Waals surface area contributed by atoms with Gasteiger partial charge in [-0.05, 0) is 51.2 Å². The second-order valence-corrected chi connectivity index (χ2v) is 5.73. The average Bonchev–Trinajstić information content (AvgIpc) is 2.87. The molecule has 1 aliphatic heterocycles. The molecule has 0 saturated heterocycles. The number of benzene rings is 1. The smallest absolute Gasteiger partial charge is 0.126 e.